The maximum Gasteiger partial charge on any atom is 0.257 e. The summed E-state index contributed by atoms with van der Waals surface area (Å²) in [5.41, 5.74) is 2.76. The SMILES string of the molecule is O=C(c1cn[nH]c1-c1cccc(F)c1)N1CC(c2cccnc2)C1. The van der Waals surface area contributed by atoms with Crippen molar-refractivity contribution in [2.24, 2.45) is 0 Å². The average Bonchev–Trinajstić information content (AvgIpc) is 3.04. The minimum atomic E-state index is -0.346. The van der Waals surface area contributed by atoms with Crippen molar-refractivity contribution in [3.05, 3.63) is 71.9 Å². The molecular formula is C18H15FN4O. The molecule has 24 heavy (non-hydrogen) atoms. The molecule has 3 aromatic rings. The molecule has 120 valence electrons. The van der Waals surface area contributed by atoms with E-state index in [1.807, 2.05) is 18.3 Å². The summed E-state index contributed by atoms with van der Waals surface area (Å²) in [6, 6.07) is 10.0. The molecule has 0 unspecified atom stereocenters. The van der Waals surface area contributed by atoms with Crippen molar-refractivity contribution in [1.82, 2.24) is 20.1 Å². The Morgan fingerprint density at radius 3 is 2.83 bits per heavy atom. The van der Waals surface area contributed by atoms with Gasteiger partial charge in [0.2, 0.25) is 0 Å². The third-order valence-corrected chi connectivity index (χ3v) is 4.31. The molecule has 6 heteroatoms. The summed E-state index contributed by atoms with van der Waals surface area (Å²) in [6.45, 7) is 1.30. The van der Waals surface area contributed by atoms with Gasteiger partial charge in [-0.2, -0.15) is 5.10 Å². The maximum absolute atomic E-state index is 13.4. The van der Waals surface area contributed by atoms with Crippen molar-refractivity contribution in [3.63, 3.8) is 0 Å². The zero-order chi connectivity index (χ0) is 16.5. The molecule has 1 aliphatic heterocycles. The van der Waals surface area contributed by atoms with Crippen molar-refractivity contribution in [1.29, 1.82) is 0 Å². The number of nitrogens with zero attached hydrogens (tertiary/aromatic N) is 3. The van der Waals surface area contributed by atoms with Crippen LogP contribution in [-0.2, 0) is 0 Å². The number of aromatic amines is 1. The largest absolute Gasteiger partial charge is 0.337 e. The van der Waals surface area contributed by atoms with Crippen LogP contribution in [0.15, 0.2) is 55.0 Å². The molecular weight excluding hydrogens is 307 g/mol. The average molecular weight is 322 g/mol. The van der Waals surface area contributed by atoms with Crippen molar-refractivity contribution < 1.29 is 9.18 Å². The monoisotopic (exact) mass is 322 g/mol. The summed E-state index contributed by atoms with van der Waals surface area (Å²) >= 11 is 0. The van der Waals surface area contributed by atoms with Gasteiger partial charge in [0.15, 0.2) is 0 Å². The van der Waals surface area contributed by atoms with Crippen LogP contribution in [0.4, 0.5) is 4.39 Å². The molecule has 1 N–H and O–H groups in total. The van der Waals surface area contributed by atoms with Crippen LogP contribution >= 0.6 is 0 Å². The van der Waals surface area contributed by atoms with Crippen LogP contribution in [0.3, 0.4) is 0 Å². The Balaban J connectivity index is 1.52. The summed E-state index contributed by atoms with van der Waals surface area (Å²) in [5.74, 6) is -0.128. The van der Waals surface area contributed by atoms with Crippen molar-refractivity contribution in [2.45, 2.75) is 5.92 Å². The highest BCUT2D eigenvalue weighted by Gasteiger charge is 2.33. The lowest BCUT2D eigenvalue weighted by atomic mass is 9.92. The fraction of sp³-hybridized carbons (Fsp3) is 0.167. The number of H-pyrrole nitrogens is 1. The molecule has 1 fully saturated rings. The number of likely N-dealkylation sites (tertiary alicyclic amines) is 1. The molecule has 0 saturated carbocycles. The Hall–Kier alpha value is -3.02. The van der Waals surface area contributed by atoms with Gasteiger partial charge in [0.05, 0.1) is 17.5 Å². The van der Waals surface area contributed by atoms with E-state index in [9.17, 15) is 9.18 Å². The van der Waals surface area contributed by atoms with Crippen LogP contribution in [0.5, 0.6) is 0 Å². The fourth-order valence-electron chi connectivity index (χ4n) is 2.96. The second-order valence-corrected chi connectivity index (χ2v) is 5.86. The zero-order valence-corrected chi connectivity index (χ0v) is 12.8. The fourth-order valence-corrected chi connectivity index (χ4v) is 2.96. The second-order valence-electron chi connectivity index (χ2n) is 5.86. The van der Waals surface area contributed by atoms with E-state index in [0.717, 1.165) is 5.56 Å². The Labute approximate surface area is 138 Å². The van der Waals surface area contributed by atoms with E-state index < -0.39 is 0 Å². The maximum atomic E-state index is 13.4. The van der Waals surface area contributed by atoms with Gasteiger partial charge in [0, 0.05) is 37.0 Å². The van der Waals surface area contributed by atoms with E-state index in [4.69, 9.17) is 0 Å². The van der Waals surface area contributed by atoms with Gasteiger partial charge in [-0.25, -0.2) is 4.39 Å². The number of nitrogens with one attached hydrogen (secondary N) is 1. The number of halogens is 1. The normalized spacial score (nSPS) is 14.5. The van der Waals surface area contributed by atoms with Crippen LogP contribution in [-0.4, -0.2) is 39.1 Å². The van der Waals surface area contributed by atoms with Crippen molar-refractivity contribution >= 4 is 5.91 Å². The number of hydrogen-bond donors (Lipinski definition) is 1. The lowest BCUT2D eigenvalue weighted by Gasteiger charge is -2.39. The quantitative estimate of drug-likeness (QED) is 0.806. The number of rotatable bonds is 3. The number of aromatic nitrogens is 3. The predicted octanol–water partition coefficient (Wildman–Crippen LogP) is 2.85. The highest BCUT2D eigenvalue weighted by Crippen LogP contribution is 2.30. The molecule has 2 aromatic heterocycles. The van der Waals surface area contributed by atoms with Gasteiger partial charge < -0.3 is 4.90 Å². The van der Waals surface area contributed by atoms with Gasteiger partial charge in [0.1, 0.15) is 5.82 Å². The third-order valence-electron chi connectivity index (χ3n) is 4.31. The molecule has 1 saturated heterocycles. The lowest BCUT2D eigenvalue weighted by molar-refractivity contribution is 0.0603. The highest BCUT2D eigenvalue weighted by atomic mass is 19.1. The van der Waals surface area contributed by atoms with E-state index in [0.29, 0.717) is 35.8 Å². The standard InChI is InChI=1S/C18H15FN4O/c19-15-5-1-3-12(7-15)17-16(9-21-22-17)18(24)23-10-14(11-23)13-4-2-6-20-8-13/h1-9,14H,10-11H2,(H,21,22). The minimum absolute atomic E-state index is 0.0943. The second kappa shape index (κ2) is 5.88. The zero-order valence-electron chi connectivity index (χ0n) is 12.8. The Morgan fingerprint density at radius 2 is 2.08 bits per heavy atom. The molecule has 1 aromatic carbocycles. The smallest absolute Gasteiger partial charge is 0.257 e. The van der Waals surface area contributed by atoms with Crippen LogP contribution in [0.25, 0.3) is 11.3 Å². The lowest BCUT2D eigenvalue weighted by Crippen LogP contribution is -2.48. The van der Waals surface area contributed by atoms with E-state index in [2.05, 4.69) is 15.2 Å². The van der Waals surface area contributed by atoms with Gasteiger partial charge in [-0.3, -0.25) is 14.9 Å². The first-order valence-electron chi connectivity index (χ1n) is 7.71. The number of carbonyl (C=O) groups excluding carboxylic acids is 1. The van der Waals surface area contributed by atoms with Crippen LogP contribution in [0, 0.1) is 5.82 Å². The Kier molecular flexibility index (Phi) is 3.57. The molecule has 0 aliphatic carbocycles. The summed E-state index contributed by atoms with van der Waals surface area (Å²) in [5, 5.41) is 6.76. The summed E-state index contributed by atoms with van der Waals surface area (Å²) in [4.78, 5) is 18.6. The van der Waals surface area contributed by atoms with E-state index in [1.165, 1.54) is 18.3 Å². The molecule has 4 rings (SSSR count). The molecule has 0 atom stereocenters. The van der Waals surface area contributed by atoms with Crippen LogP contribution in [0.1, 0.15) is 21.8 Å². The first kappa shape index (κ1) is 14.6. The van der Waals surface area contributed by atoms with E-state index in [-0.39, 0.29) is 11.7 Å². The number of carbonyl (C=O) groups is 1. The third kappa shape index (κ3) is 2.56. The van der Waals surface area contributed by atoms with Gasteiger partial charge in [-0.05, 0) is 23.8 Å². The minimum Gasteiger partial charge on any atom is -0.337 e. The molecule has 1 aliphatic rings. The van der Waals surface area contributed by atoms with Gasteiger partial charge >= 0.3 is 0 Å². The van der Waals surface area contributed by atoms with E-state index in [1.54, 1.807) is 23.2 Å². The first-order valence-corrected chi connectivity index (χ1v) is 7.71. The molecule has 0 spiro atoms. The molecule has 1 amide bonds. The van der Waals surface area contributed by atoms with Crippen LogP contribution < -0.4 is 0 Å². The highest BCUT2D eigenvalue weighted by molar-refractivity contribution is 6.00. The summed E-state index contributed by atoms with van der Waals surface area (Å²) in [6.07, 6.45) is 5.07. The van der Waals surface area contributed by atoms with Crippen molar-refractivity contribution in [3.8, 4) is 11.3 Å². The first-order chi connectivity index (χ1) is 11.7. The van der Waals surface area contributed by atoms with Crippen molar-refractivity contribution in [2.75, 3.05) is 13.1 Å². The van der Waals surface area contributed by atoms with E-state index >= 15 is 0 Å². The number of benzene rings is 1. The summed E-state index contributed by atoms with van der Waals surface area (Å²) < 4.78 is 13.4. The Morgan fingerprint density at radius 1 is 1.21 bits per heavy atom. The van der Waals surface area contributed by atoms with Gasteiger partial charge in [-0.15, -0.1) is 0 Å². The van der Waals surface area contributed by atoms with Gasteiger partial charge in [-0.1, -0.05) is 18.2 Å². The number of hydrogen-bond acceptors (Lipinski definition) is 3. The Bertz CT molecular complexity index is 871. The molecule has 3 heterocycles. The predicted molar refractivity (Wildman–Crippen MR) is 86.9 cm³/mol. The molecule has 5 nitrogen and oxygen atoms in total. The number of pyridine rings is 1. The number of amides is 1. The summed E-state index contributed by atoms with van der Waals surface area (Å²) in [7, 11) is 0. The molecule has 0 radical (unpaired) electrons. The molecule has 0 bridgehead atoms. The van der Waals surface area contributed by atoms with Gasteiger partial charge in [0.25, 0.3) is 5.91 Å². The topological polar surface area (TPSA) is 61.9 Å². The van der Waals surface area contributed by atoms with Crippen LogP contribution in [0.2, 0.25) is 0 Å².